The van der Waals surface area contributed by atoms with Gasteiger partial charge in [0, 0.05) is 20.8 Å². The molecule has 0 radical (unpaired) electrons. The van der Waals surface area contributed by atoms with E-state index in [9.17, 15) is 0 Å². The van der Waals surface area contributed by atoms with Crippen molar-refractivity contribution in [2.45, 2.75) is 37.5 Å². The number of aromatic nitrogens is 1. The van der Waals surface area contributed by atoms with Crippen molar-refractivity contribution in [3.05, 3.63) is 44.3 Å². The van der Waals surface area contributed by atoms with Crippen LogP contribution in [-0.2, 0) is 18.7 Å². The van der Waals surface area contributed by atoms with Crippen LogP contribution >= 0.6 is 39.0 Å². The quantitative estimate of drug-likeness (QED) is 0.738. The van der Waals surface area contributed by atoms with Gasteiger partial charge < -0.3 is 5.73 Å². The molecule has 2 nitrogen and oxygen atoms in total. The first-order valence-electron chi connectivity index (χ1n) is 6.64. The maximum absolute atomic E-state index is 5.82. The standard InChI is InChI=1S/C15H19BrN2S2/c1-10(2)7-13-14(8-17)20-15(18-13)9-19-12-5-3-11(16)4-6-12/h3-6,10H,7-9,17H2,1-2H3. The number of nitrogens with two attached hydrogens (primary N) is 1. The van der Waals surface area contributed by atoms with Gasteiger partial charge in [-0.25, -0.2) is 4.98 Å². The molecule has 0 aliphatic heterocycles. The summed E-state index contributed by atoms with van der Waals surface area (Å²) < 4.78 is 1.11. The molecule has 1 aromatic heterocycles. The van der Waals surface area contributed by atoms with Gasteiger partial charge in [0.05, 0.1) is 11.4 Å². The Balaban J connectivity index is 2.02. The maximum Gasteiger partial charge on any atom is 0.103 e. The number of benzene rings is 1. The average molecular weight is 371 g/mol. The second-order valence-corrected chi connectivity index (χ2v) is 8.15. The third-order valence-corrected chi connectivity index (χ3v) is 5.64. The van der Waals surface area contributed by atoms with Gasteiger partial charge in [0.15, 0.2) is 0 Å². The zero-order chi connectivity index (χ0) is 14.5. The zero-order valence-corrected chi connectivity index (χ0v) is 14.9. The van der Waals surface area contributed by atoms with E-state index in [4.69, 9.17) is 10.7 Å². The molecule has 0 fully saturated rings. The molecule has 0 amide bonds. The second kappa shape index (κ2) is 7.59. The summed E-state index contributed by atoms with van der Waals surface area (Å²) in [5, 5.41) is 1.18. The van der Waals surface area contributed by atoms with Crippen molar-refractivity contribution in [1.82, 2.24) is 4.98 Å². The van der Waals surface area contributed by atoms with Gasteiger partial charge in [-0.2, -0.15) is 0 Å². The lowest BCUT2D eigenvalue weighted by Gasteiger charge is -2.02. The normalized spacial score (nSPS) is 11.2. The number of rotatable bonds is 6. The molecule has 0 bridgehead atoms. The number of thioether (sulfide) groups is 1. The summed E-state index contributed by atoms with van der Waals surface area (Å²) >= 11 is 7.03. The minimum atomic E-state index is 0.600. The molecular formula is C15H19BrN2S2. The van der Waals surface area contributed by atoms with Gasteiger partial charge in [-0.3, -0.25) is 0 Å². The van der Waals surface area contributed by atoms with Crippen LogP contribution in [0.4, 0.5) is 0 Å². The highest BCUT2D eigenvalue weighted by Gasteiger charge is 2.11. The molecule has 2 rings (SSSR count). The van der Waals surface area contributed by atoms with Gasteiger partial charge >= 0.3 is 0 Å². The van der Waals surface area contributed by atoms with Crippen molar-refractivity contribution in [3.63, 3.8) is 0 Å². The smallest absolute Gasteiger partial charge is 0.103 e. The Kier molecular flexibility index (Phi) is 6.08. The van der Waals surface area contributed by atoms with Crippen molar-refractivity contribution in [2.75, 3.05) is 0 Å². The molecule has 20 heavy (non-hydrogen) atoms. The number of hydrogen-bond acceptors (Lipinski definition) is 4. The van der Waals surface area contributed by atoms with Crippen LogP contribution in [0.5, 0.6) is 0 Å². The van der Waals surface area contributed by atoms with E-state index in [2.05, 4.69) is 54.0 Å². The van der Waals surface area contributed by atoms with Crippen LogP contribution in [0.25, 0.3) is 0 Å². The van der Waals surface area contributed by atoms with E-state index >= 15 is 0 Å². The van der Waals surface area contributed by atoms with Crippen LogP contribution in [0.2, 0.25) is 0 Å². The molecule has 0 saturated carbocycles. The second-order valence-electron chi connectivity index (χ2n) is 5.02. The molecule has 0 atom stereocenters. The number of thiazole rings is 1. The van der Waals surface area contributed by atoms with Gasteiger partial charge in [-0.1, -0.05) is 29.8 Å². The van der Waals surface area contributed by atoms with Crippen LogP contribution < -0.4 is 5.73 Å². The molecule has 2 aromatic rings. The molecule has 0 saturated heterocycles. The van der Waals surface area contributed by atoms with E-state index in [-0.39, 0.29) is 0 Å². The third kappa shape index (κ3) is 4.58. The monoisotopic (exact) mass is 370 g/mol. The highest BCUT2D eigenvalue weighted by atomic mass is 79.9. The van der Waals surface area contributed by atoms with E-state index in [1.165, 1.54) is 20.5 Å². The Morgan fingerprint density at radius 3 is 2.60 bits per heavy atom. The first kappa shape index (κ1) is 16.0. The highest BCUT2D eigenvalue weighted by molar-refractivity contribution is 9.10. The summed E-state index contributed by atoms with van der Waals surface area (Å²) in [5.74, 6) is 1.53. The molecular weight excluding hydrogens is 352 g/mol. The summed E-state index contributed by atoms with van der Waals surface area (Å²) in [6.07, 6.45) is 1.02. The molecule has 0 unspecified atom stereocenters. The van der Waals surface area contributed by atoms with E-state index in [0.717, 1.165) is 16.6 Å². The molecule has 0 aliphatic carbocycles. The molecule has 5 heteroatoms. The van der Waals surface area contributed by atoms with Crippen LogP contribution in [0.15, 0.2) is 33.6 Å². The Bertz CT molecular complexity index is 550. The summed E-state index contributed by atoms with van der Waals surface area (Å²) in [4.78, 5) is 7.27. The number of nitrogens with zero attached hydrogens (tertiary/aromatic N) is 1. The Morgan fingerprint density at radius 1 is 1.30 bits per heavy atom. The zero-order valence-electron chi connectivity index (χ0n) is 11.7. The molecule has 1 heterocycles. The highest BCUT2D eigenvalue weighted by Crippen LogP contribution is 2.28. The SMILES string of the molecule is CC(C)Cc1nc(CSc2ccc(Br)cc2)sc1CN. The largest absolute Gasteiger partial charge is 0.326 e. The summed E-state index contributed by atoms with van der Waals surface area (Å²) in [6.45, 7) is 5.04. The van der Waals surface area contributed by atoms with E-state index < -0.39 is 0 Å². The number of hydrogen-bond donors (Lipinski definition) is 1. The van der Waals surface area contributed by atoms with Gasteiger partial charge in [0.1, 0.15) is 5.01 Å². The van der Waals surface area contributed by atoms with Crippen molar-refractivity contribution in [3.8, 4) is 0 Å². The van der Waals surface area contributed by atoms with Crippen molar-refractivity contribution in [1.29, 1.82) is 0 Å². The van der Waals surface area contributed by atoms with Crippen molar-refractivity contribution < 1.29 is 0 Å². The van der Waals surface area contributed by atoms with Gasteiger partial charge in [-0.05, 0) is 36.6 Å². The lowest BCUT2D eigenvalue weighted by molar-refractivity contribution is 0.633. The van der Waals surface area contributed by atoms with Crippen LogP contribution in [-0.4, -0.2) is 4.98 Å². The topological polar surface area (TPSA) is 38.9 Å². The lowest BCUT2D eigenvalue weighted by atomic mass is 10.1. The van der Waals surface area contributed by atoms with Crippen molar-refractivity contribution >= 4 is 39.0 Å². The van der Waals surface area contributed by atoms with Gasteiger partial charge in [0.25, 0.3) is 0 Å². The fourth-order valence-electron chi connectivity index (χ4n) is 1.88. The lowest BCUT2D eigenvalue weighted by Crippen LogP contribution is -2.02. The summed E-state index contributed by atoms with van der Waals surface area (Å²) in [6, 6.07) is 8.39. The maximum atomic E-state index is 5.82. The Hall–Kier alpha value is -0.360. The van der Waals surface area contributed by atoms with Crippen LogP contribution in [0.3, 0.4) is 0 Å². The van der Waals surface area contributed by atoms with Gasteiger partial charge in [0.2, 0.25) is 0 Å². The predicted octanol–water partition coefficient (Wildman–Crippen LogP) is 4.86. The van der Waals surface area contributed by atoms with Gasteiger partial charge in [-0.15, -0.1) is 23.1 Å². The van der Waals surface area contributed by atoms with Crippen LogP contribution in [0, 0.1) is 5.92 Å². The fraction of sp³-hybridized carbons (Fsp3) is 0.400. The molecule has 0 spiro atoms. The first-order valence-corrected chi connectivity index (χ1v) is 9.24. The number of halogens is 1. The third-order valence-electron chi connectivity index (χ3n) is 2.79. The molecule has 108 valence electrons. The minimum Gasteiger partial charge on any atom is -0.326 e. The Labute approximate surface area is 137 Å². The Morgan fingerprint density at radius 2 is 2.00 bits per heavy atom. The summed E-state index contributed by atoms with van der Waals surface area (Å²) in [7, 11) is 0. The fourth-order valence-corrected chi connectivity index (χ4v) is 4.01. The minimum absolute atomic E-state index is 0.600. The van der Waals surface area contributed by atoms with Crippen LogP contribution in [0.1, 0.15) is 29.4 Å². The average Bonchev–Trinajstić information content (AvgIpc) is 2.79. The molecule has 1 aromatic carbocycles. The van der Waals surface area contributed by atoms with Crippen molar-refractivity contribution in [2.24, 2.45) is 11.7 Å². The van der Waals surface area contributed by atoms with E-state index in [1.807, 2.05) is 11.8 Å². The van der Waals surface area contributed by atoms with E-state index in [1.54, 1.807) is 11.3 Å². The van der Waals surface area contributed by atoms with E-state index in [0.29, 0.717) is 12.5 Å². The molecule has 2 N–H and O–H groups in total. The first-order chi connectivity index (χ1) is 9.58. The predicted molar refractivity (Wildman–Crippen MR) is 92.3 cm³/mol. The summed E-state index contributed by atoms with van der Waals surface area (Å²) in [5.41, 5.74) is 7.02. The molecule has 0 aliphatic rings.